The minimum absolute atomic E-state index is 0.0841. The summed E-state index contributed by atoms with van der Waals surface area (Å²) >= 11 is 0. The molecule has 0 bridgehead atoms. The Morgan fingerprint density at radius 2 is 2.30 bits per heavy atom. The minimum Gasteiger partial charge on any atom is -0.384 e. The predicted molar refractivity (Wildman–Crippen MR) is 79.3 cm³/mol. The van der Waals surface area contributed by atoms with Crippen LogP contribution < -0.4 is 0 Å². The number of amides is 1. The second-order valence-electron chi connectivity index (χ2n) is 5.58. The van der Waals surface area contributed by atoms with Crippen LogP contribution in [0.2, 0.25) is 0 Å². The SMILES string of the molecule is CC(C)C1CCN(C(=O)c2cccc(C#CCO)c2)C1. The Kier molecular flexibility index (Phi) is 4.81. The van der Waals surface area contributed by atoms with Gasteiger partial charge in [0.05, 0.1) is 0 Å². The number of benzene rings is 1. The van der Waals surface area contributed by atoms with Crippen molar-refractivity contribution in [3.63, 3.8) is 0 Å². The highest BCUT2D eigenvalue weighted by atomic mass is 16.2. The van der Waals surface area contributed by atoms with Crippen LogP contribution in [0.15, 0.2) is 24.3 Å². The van der Waals surface area contributed by atoms with Gasteiger partial charge in [-0.3, -0.25) is 4.79 Å². The molecule has 0 aliphatic carbocycles. The quantitative estimate of drug-likeness (QED) is 0.837. The molecule has 1 aromatic carbocycles. The lowest BCUT2D eigenvalue weighted by molar-refractivity contribution is 0.0784. The number of carbonyl (C=O) groups is 1. The van der Waals surface area contributed by atoms with Crippen LogP contribution in [0, 0.1) is 23.7 Å². The molecular weight excluding hydrogens is 250 g/mol. The Balaban J connectivity index is 2.10. The number of nitrogens with zero attached hydrogens (tertiary/aromatic N) is 1. The summed E-state index contributed by atoms with van der Waals surface area (Å²) in [6.45, 7) is 5.95. The van der Waals surface area contributed by atoms with Gasteiger partial charge in [-0.25, -0.2) is 0 Å². The van der Waals surface area contributed by atoms with E-state index in [2.05, 4.69) is 25.7 Å². The summed E-state index contributed by atoms with van der Waals surface area (Å²) in [4.78, 5) is 14.4. The van der Waals surface area contributed by atoms with E-state index in [0.29, 0.717) is 17.4 Å². The Morgan fingerprint density at radius 1 is 1.50 bits per heavy atom. The van der Waals surface area contributed by atoms with Crippen molar-refractivity contribution in [2.75, 3.05) is 19.7 Å². The van der Waals surface area contributed by atoms with E-state index in [-0.39, 0.29) is 12.5 Å². The van der Waals surface area contributed by atoms with E-state index >= 15 is 0 Å². The summed E-state index contributed by atoms with van der Waals surface area (Å²) in [5.41, 5.74) is 1.45. The highest BCUT2D eigenvalue weighted by Gasteiger charge is 2.28. The van der Waals surface area contributed by atoms with Crippen LogP contribution in [0.5, 0.6) is 0 Å². The molecule has 3 nitrogen and oxygen atoms in total. The molecule has 0 radical (unpaired) electrons. The van der Waals surface area contributed by atoms with Crippen LogP contribution in [-0.4, -0.2) is 35.6 Å². The number of hydrogen-bond acceptors (Lipinski definition) is 2. The lowest BCUT2D eigenvalue weighted by Gasteiger charge is -2.18. The molecule has 3 heteroatoms. The highest BCUT2D eigenvalue weighted by molar-refractivity contribution is 5.94. The number of aliphatic hydroxyl groups excluding tert-OH is 1. The summed E-state index contributed by atoms with van der Waals surface area (Å²) in [6, 6.07) is 7.31. The predicted octanol–water partition coefficient (Wildman–Crippen LogP) is 2.15. The molecule has 1 fully saturated rings. The monoisotopic (exact) mass is 271 g/mol. The van der Waals surface area contributed by atoms with Gasteiger partial charge in [0.1, 0.15) is 6.61 Å². The molecule has 1 aliphatic rings. The van der Waals surface area contributed by atoms with Crippen LogP contribution in [0.4, 0.5) is 0 Å². The number of aliphatic hydroxyl groups is 1. The first-order valence-electron chi connectivity index (χ1n) is 7.11. The Morgan fingerprint density at radius 3 is 2.95 bits per heavy atom. The van der Waals surface area contributed by atoms with Crippen LogP contribution in [0.1, 0.15) is 36.2 Å². The molecule has 20 heavy (non-hydrogen) atoms. The van der Waals surface area contributed by atoms with E-state index in [1.807, 2.05) is 23.1 Å². The van der Waals surface area contributed by atoms with Crippen LogP contribution >= 0.6 is 0 Å². The third-order valence-corrected chi connectivity index (χ3v) is 3.88. The molecule has 0 aromatic heterocycles. The molecule has 2 rings (SSSR count). The van der Waals surface area contributed by atoms with Gasteiger partial charge in [0, 0.05) is 24.2 Å². The van der Waals surface area contributed by atoms with E-state index in [1.165, 1.54) is 0 Å². The number of rotatable bonds is 2. The molecule has 1 atom stereocenters. The maximum Gasteiger partial charge on any atom is 0.253 e. The summed E-state index contributed by atoms with van der Waals surface area (Å²) in [5.74, 6) is 6.75. The molecule has 106 valence electrons. The molecule has 1 aromatic rings. The van der Waals surface area contributed by atoms with E-state index in [9.17, 15) is 4.79 Å². The Bertz CT molecular complexity index is 539. The first-order chi connectivity index (χ1) is 9.61. The van der Waals surface area contributed by atoms with Crippen LogP contribution in [0.3, 0.4) is 0 Å². The lowest BCUT2D eigenvalue weighted by atomic mass is 9.95. The average molecular weight is 271 g/mol. The van der Waals surface area contributed by atoms with Crippen molar-refractivity contribution >= 4 is 5.91 Å². The van der Waals surface area contributed by atoms with Gasteiger partial charge in [-0.1, -0.05) is 31.8 Å². The van der Waals surface area contributed by atoms with E-state index in [0.717, 1.165) is 25.1 Å². The second-order valence-corrected chi connectivity index (χ2v) is 5.58. The summed E-state index contributed by atoms with van der Waals surface area (Å²) in [7, 11) is 0. The molecule has 1 amide bonds. The van der Waals surface area contributed by atoms with Gasteiger partial charge in [-0.15, -0.1) is 0 Å². The zero-order valence-electron chi connectivity index (χ0n) is 12.1. The first-order valence-corrected chi connectivity index (χ1v) is 7.11. The van der Waals surface area contributed by atoms with Crippen LogP contribution in [0.25, 0.3) is 0 Å². The van der Waals surface area contributed by atoms with Crippen molar-refractivity contribution in [3.05, 3.63) is 35.4 Å². The molecule has 1 aliphatic heterocycles. The van der Waals surface area contributed by atoms with Gasteiger partial charge in [-0.2, -0.15) is 0 Å². The number of likely N-dealkylation sites (tertiary alicyclic amines) is 1. The summed E-state index contributed by atoms with van der Waals surface area (Å²) in [6.07, 6.45) is 1.09. The van der Waals surface area contributed by atoms with Crippen molar-refractivity contribution in [1.29, 1.82) is 0 Å². The van der Waals surface area contributed by atoms with Gasteiger partial charge >= 0.3 is 0 Å². The van der Waals surface area contributed by atoms with Gasteiger partial charge in [0.15, 0.2) is 0 Å². The number of hydrogen-bond donors (Lipinski definition) is 1. The molecule has 0 saturated carbocycles. The van der Waals surface area contributed by atoms with Gasteiger partial charge in [0.2, 0.25) is 0 Å². The lowest BCUT2D eigenvalue weighted by Crippen LogP contribution is -2.29. The zero-order valence-corrected chi connectivity index (χ0v) is 12.1. The maximum atomic E-state index is 12.5. The third kappa shape index (κ3) is 3.40. The topological polar surface area (TPSA) is 40.5 Å². The Hall–Kier alpha value is -1.79. The zero-order chi connectivity index (χ0) is 14.5. The summed E-state index contributed by atoms with van der Waals surface area (Å²) < 4.78 is 0. The molecule has 1 N–H and O–H groups in total. The largest absolute Gasteiger partial charge is 0.384 e. The van der Waals surface area contributed by atoms with Crippen molar-refractivity contribution in [1.82, 2.24) is 4.90 Å². The van der Waals surface area contributed by atoms with Crippen molar-refractivity contribution < 1.29 is 9.90 Å². The van der Waals surface area contributed by atoms with E-state index in [4.69, 9.17) is 5.11 Å². The highest BCUT2D eigenvalue weighted by Crippen LogP contribution is 2.25. The van der Waals surface area contributed by atoms with Gasteiger partial charge < -0.3 is 10.0 Å². The van der Waals surface area contributed by atoms with Crippen molar-refractivity contribution in [2.45, 2.75) is 20.3 Å². The molecule has 1 saturated heterocycles. The summed E-state index contributed by atoms with van der Waals surface area (Å²) in [5, 5.41) is 8.71. The average Bonchev–Trinajstić information content (AvgIpc) is 2.94. The second kappa shape index (κ2) is 6.58. The van der Waals surface area contributed by atoms with Crippen molar-refractivity contribution in [2.24, 2.45) is 11.8 Å². The van der Waals surface area contributed by atoms with E-state index < -0.39 is 0 Å². The molecular formula is C17H21NO2. The molecule has 1 heterocycles. The molecule has 0 spiro atoms. The maximum absolute atomic E-state index is 12.5. The minimum atomic E-state index is -0.166. The number of carbonyl (C=O) groups excluding carboxylic acids is 1. The van der Waals surface area contributed by atoms with E-state index in [1.54, 1.807) is 6.07 Å². The fourth-order valence-electron chi connectivity index (χ4n) is 2.57. The first kappa shape index (κ1) is 14.6. The fourth-order valence-corrected chi connectivity index (χ4v) is 2.57. The smallest absolute Gasteiger partial charge is 0.253 e. The van der Waals surface area contributed by atoms with Gasteiger partial charge in [-0.05, 0) is 36.5 Å². The third-order valence-electron chi connectivity index (χ3n) is 3.88. The molecule has 1 unspecified atom stereocenters. The normalized spacial score (nSPS) is 18.0. The standard InChI is InChI=1S/C17H21NO2/c1-13(2)16-8-9-18(12-16)17(20)15-7-3-5-14(11-15)6-4-10-19/h3,5,7,11,13,16,19H,8-10,12H2,1-2H3. The van der Waals surface area contributed by atoms with Crippen LogP contribution in [-0.2, 0) is 0 Å². The Labute approximate surface area is 120 Å². The van der Waals surface area contributed by atoms with Gasteiger partial charge in [0.25, 0.3) is 5.91 Å². The fraction of sp³-hybridized carbons (Fsp3) is 0.471. The van der Waals surface area contributed by atoms with Crippen molar-refractivity contribution in [3.8, 4) is 11.8 Å².